The van der Waals surface area contributed by atoms with Gasteiger partial charge in [0.2, 0.25) is 0 Å². The van der Waals surface area contributed by atoms with E-state index in [9.17, 15) is 30.3 Å². The summed E-state index contributed by atoms with van der Waals surface area (Å²) in [6.45, 7) is 11.1. The Kier molecular flexibility index (Phi) is 10.8. The van der Waals surface area contributed by atoms with E-state index < -0.39 is 5.41 Å². The van der Waals surface area contributed by atoms with Crippen LogP contribution in [0.3, 0.4) is 0 Å². The topological polar surface area (TPSA) is 118 Å². The fourth-order valence-electron chi connectivity index (χ4n) is 13.6. The number of benzene rings is 6. The number of hydrogen-bond donors (Lipinski definition) is 5. The second-order valence-electron chi connectivity index (χ2n) is 19.8. The molecule has 0 fully saturated rings. The highest BCUT2D eigenvalue weighted by atomic mass is 16.3. The minimum Gasteiger partial charge on any atom is -0.508 e. The van der Waals surface area contributed by atoms with Crippen LogP contribution in [0.25, 0.3) is 5.57 Å². The molecule has 6 nitrogen and oxygen atoms in total. The summed E-state index contributed by atoms with van der Waals surface area (Å²) >= 11 is 0. The van der Waals surface area contributed by atoms with Gasteiger partial charge in [-0.05, 0) is 214 Å². The maximum absolute atomic E-state index is 13.0. The van der Waals surface area contributed by atoms with Crippen LogP contribution in [-0.4, -0.2) is 31.3 Å². The van der Waals surface area contributed by atoms with E-state index in [0.717, 1.165) is 35.1 Å². The number of carbonyl (C=O) groups is 1. The number of fused-ring (bicyclic) bond motifs is 6. The van der Waals surface area contributed by atoms with Crippen LogP contribution in [-0.2, 0) is 38.5 Å². The highest BCUT2D eigenvalue weighted by Gasteiger charge is 2.55. The van der Waals surface area contributed by atoms with Crippen LogP contribution in [0.5, 0.6) is 28.7 Å². The second-order valence-corrected chi connectivity index (χ2v) is 19.8. The summed E-state index contributed by atoms with van der Waals surface area (Å²) in [5.41, 5.74) is 16.2. The molecule has 12 rings (SSSR count). The molecule has 0 aromatic heterocycles. The Labute approximate surface area is 384 Å². The monoisotopic (exact) mass is 866 g/mol. The molecule has 3 spiro atoms. The molecule has 6 aliphatic rings. The van der Waals surface area contributed by atoms with E-state index in [0.29, 0.717) is 53.3 Å². The van der Waals surface area contributed by atoms with Crippen molar-refractivity contribution in [3.8, 4) is 28.7 Å². The maximum atomic E-state index is 13.0. The summed E-state index contributed by atoms with van der Waals surface area (Å²) in [7, 11) is 0. The normalized spacial score (nSPS) is 25.8. The van der Waals surface area contributed by atoms with Gasteiger partial charge in [0.25, 0.3) is 0 Å². The lowest BCUT2D eigenvalue weighted by Crippen LogP contribution is -2.31. The largest absolute Gasteiger partial charge is 0.508 e. The second kappa shape index (κ2) is 16.0. The standard InChI is InChI=1S/C20H20O2.C20H22O.C18H16O3.CH4/c1-3-19-17-7-6-16(22)9-18(17)12(2)20(19)10-13-4-5-15(21)8-14(13)11-20;1-3-19-17-9-8-16(21)10-18(17)13(2)20(19)11-14-6-4-5-7-15(14)12-20;1-10-16-7-14(20)4-5-15(16)17(21)18(10)8-11-2-3-13(19)6-12(11)9-18;/h3-9,12,21-22H,10-11H2,1-2H3;4-10,13,19,21H,3,11-12H2,1-2H3;2-7,10,19-20H,8-9H2,1H3;1H4/b19-3+;;;. The zero-order chi connectivity index (χ0) is 44.9. The summed E-state index contributed by atoms with van der Waals surface area (Å²) in [5, 5.41) is 48.9. The van der Waals surface area contributed by atoms with Gasteiger partial charge >= 0.3 is 0 Å². The summed E-state index contributed by atoms with van der Waals surface area (Å²) in [6.07, 6.45) is 9.08. The van der Waals surface area contributed by atoms with E-state index in [2.05, 4.69) is 77.1 Å². The van der Waals surface area contributed by atoms with Gasteiger partial charge in [-0.25, -0.2) is 0 Å². The van der Waals surface area contributed by atoms with E-state index in [1.165, 1.54) is 69.3 Å². The molecule has 0 heterocycles. The van der Waals surface area contributed by atoms with E-state index >= 15 is 0 Å². The third-order valence-corrected chi connectivity index (χ3v) is 16.9. The molecule has 6 atom stereocenters. The van der Waals surface area contributed by atoms with Gasteiger partial charge in [-0.2, -0.15) is 0 Å². The van der Waals surface area contributed by atoms with Gasteiger partial charge in [-0.3, -0.25) is 4.79 Å². The first-order valence-electron chi connectivity index (χ1n) is 23.1. The number of hydrogen-bond acceptors (Lipinski definition) is 6. The van der Waals surface area contributed by atoms with Crippen molar-refractivity contribution in [2.75, 3.05) is 0 Å². The molecule has 0 aliphatic heterocycles. The van der Waals surface area contributed by atoms with Gasteiger partial charge in [0.1, 0.15) is 28.7 Å². The molecule has 6 unspecified atom stereocenters. The molecule has 0 amide bonds. The molecule has 65 heavy (non-hydrogen) atoms. The number of allylic oxidation sites excluding steroid dienone is 2. The van der Waals surface area contributed by atoms with Crippen molar-refractivity contribution < 1.29 is 30.3 Å². The molecule has 6 aliphatic carbocycles. The summed E-state index contributed by atoms with van der Waals surface area (Å²) in [6, 6.07) is 36.8. The highest BCUT2D eigenvalue weighted by Crippen LogP contribution is 2.64. The lowest BCUT2D eigenvalue weighted by molar-refractivity contribution is 0.0802. The van der Waals surface area contributed by atoms with Crippen LogP contribution >= 0.6 is 0 Å². The first-order chi connectivity index (χ1) is 30.7. The number of ketones is 1. The Morgan fingerprint density at radius 2 is 0.923 bits per heavy atom. The molecule has 6 heteroatoms. The van der Waals surface area contributed by atoms with Crippen LogP contribution in [0, 0.1) is 16.2 Å². The fourth-order valence-corrected chi connectivity index (χ4v) is 13.6. The van der Waals surface area contributed by atoms with Crippen molar-refractivity contribution in [1.29, 1.82) is 0 Å². The van der Waals surface area contributed by atoms with E-state index in [-0.39, 0.29) is 36.0 Å². The molecular formula is C59H62O6. The van der Waals surface area contributed by atoms with Crippen LogP contribution in [0.15, 0.2) is 121 Å². The van der Waals surface area contributed by atoms with Gasteiger partial charge in [0.15, 0.2) is 5.78 Å². The van der Waals surface area contributed by atoms with Crippen LogP contribution in [0.1, 0.15) is 144 Å². The van der Waals surface area contributed by atoms with Gasteiger partial charge in [0, 0.05) is 16.4 Å². The smallest absolute Gasteiger partial charge is 0.170 e. The molecule has 6 aromatic carbocycles. The summed E-state index contributed by atoms with van der Waals surface area (Å²) in [5.74, 6) is 3.26. The molecule has 0 bridgehead atoms. The first kappa shape index (κ1) is 44.0. The number of rotatable bonds is 1. The van der Waals surface area contributed by atoms with Crippen molar-refractivity contribution in [3.05, 3.63) is 188 Å². The van der Waals surface area contributed by atoms with E-state index in [1.807, 2.05) is 36.4 Å². The molecule has 0 saturated carbocycles. The summed E-state index contributed by atoms with van der Waals surface area (Å²) in [4.78, 5) is 13.0. The Balaban J connectivity index is 0.000000122. The molecule has 334 valence electrons. The zero-order valence-corrected chi connectivity index (χ0v) is 37.5. The van der Waals surface area contributed by atoms with Gasteiger partial charge in [0.05, 0.1) is 0 Å². The van der Waals surface area contributed by atoms with Crippen LogP contribution in [0.4, 0.5) is 0 Å². The van der Waals surface area contributed by atoms with Crippen molar-refractivity contribution in [2.45, 2.75) is 111 Å². The molecule has 5 N–H and O–H groups in total. The minimum atomic E-state index is -0.452. The SMILES string of the molecule is C.C/C=C1\c2ccc(O)cc2C(C)C12Cc1ccc(O)cc1C2.CC1c2cc(O)ccc2C(=O)C12Cc1ccc(O)cc1C2.CCC1c2ccc(O)cc2C(C)C12Cc1ccccc1C2. The number of Topliss-reactive ketones (excluding diaryl/α,β-unsaturated/α-hetero) is 1. The Bertz CT molecular complexity index is 2880. The quantitative estimate of drug-likeness (QED) is 0.112. The molecule has 0 radical (unpaired) electrons. The average molecular weight is 867 g/mol. The maximum Gasteiger partial charge on any atom is 0.170 e. The number of phenols is 5. The van der Waals surface area contributed by atoms with E-state index in [1.54, 1.807) is 42.5 Å². The van der Waals surface area contributed by atoms with Crippen molar-refractivity contribution >= 4 is 11.4 Å². The first-order valence-corrected chi connectivity index (χ1v) is 23.1. The van der Waals surface area contributed by atoms with E-state index in [4.69, 9.17) is 0 Å². The lowest BCUT2D eigenvalue weighted by atomic mass is 9.68. The number of aromatic hydroxyl groups is 5. The molecule has 0 saturated heterocycles. The number of phenolic OH excluding ortho intramolecular Hbond substituents is 5. The predicted molar refractivity (Wildman–Crippen MR) is 259 cm³/mol. The zero-order valence-electron chi connectivity index (χ0n) is 37.5. The predicted octanol–water partition coefficient (Wildman–Crippen LogP) is 13.0. The van der Waals surface area contributed by atoms with Crippen molar-refractivity contribution in [2.24, 2.45) is 16.2 Å². The fraction of sp³-hybridized carbons (Fsp3) is 0.339. The van der Waals surface area contributed by atoms with Crippen molar-refractivity contribution in [3.63, 3.8) is 0 Å². The Morgan fingerprint density at radius 3 is 1.49 bits per heavy atom. The third-order valence-electron chi connectivity index (χ3n) is 16.9. The Morgan fingerprint density at radius 1 is 0.492 bits per heavy atom. The highest BCUT2D eigenvalue weighted by molar-refractivity contribution is 6.07. The molecule has 6 aromatic rings. The van der Waals surface area contributed by atoms with Gasteiger partial charge in [-0.1, -0.05) is 89.7 Å². The van der Waals surface area contributed by atoms with Crippen LogP contribution in [0.2, 0.25) is 0 Å². The lowest BCUT2D eigenvalue weighted by Gasteiger charge is -2.35. The third kappa shape index (κ3) is 6.69. The Hall–Kier alpha value is -6.27. The summed E-state index contributed by atoms with van der Waals surface area (Å²) < 4.78 is 0. The van der Waals surface area contributed by atoms with Gasteiger partial charge < -0.3 is 25.5 Å². The average Bonchev–Trinajstić information content (AvgIpc) is 4.09. The minimum absolute atomic E-state index is 0. The van der Waals surface area contributed by atoms with Crippen LogP contribution < -0.4 is 0 Å². The van der Waals surface area contributed by atoms with Gasteiger partial charge in [-0.15, -0.1) is 0 Å². The molecular weight excluding hydrogens is 805 g/mol. The number of carbonyl (C=O) groups excluding carboxylic acids is 1. The van der Waals surface area contributed by atoms with Crippen molar-refractivity contribution in [1.82, 2.24) is 0 Å².